The number of carbonyl (C=O) groups excluding carboxylic acids is 4. The molecule has 478 valence electrons. The maximum Gasteiger partial charge on any atom is 0.261 e. The number of sulfone groups is 2. The normalized spacial score (nSPS) is 15.8. The zero-order valence-corrected chi connectivity index (χ0v) is 52.6. The monoisotopic (exact) mass is 1260 g/mol. The van der Waals surface area contributed by atoms with E-state index in [4.69, 9.17) is 40.9 Å². The predicted octanol–water partition coefficient (Wildman–Crippen LogP) is 10.8. The van der Waals surface area contributed by atoms with Crippen LogP contribution in [0, 0.1) is 28.5 Å². The van der Waals surface area contributed by atoms with Crippen molar-refractivity contribution < 1.29 is 68.8 Å². The second-order valence-electron chi connectivity index (χ2n) is 21.4. The molecule has 5 aromatic carbocycles. The smallest absolute Gasteiger partial charge is 0.261 e. The molecule has 4 amide bonds. The molecular formula is C65H91N5O14S3. The van der Waals surface area contributed by atoms with Crippen molar-refractivity contribution in [2.24, 2.45) is 23.5 Å². The first-order chi connectivity index (χ1) is 41.6. The first kappa shape index (κ1) is 72.8. The number of amides is 4. The summed E-state index contributed by atoms with van der Waals surface area (Å²) in [6, 6.07) is 34.8. The maximum atomic E-state index is 12.8. The van der Waals surface area contributed by atoms with Gasteiger partial charge >= 0.3 is 0 Å². The topological polar surface area (TPSA) is 316 Å². The lowest BCUT2D eigenvalue weighted by molar-refractivity contribution is 0.0648. The highest BCUT2D eigenvalue weighted by Gasteiger charge is 2.37. The molecule has 3 fully saturated rings. The van der Waals surface area contributed by atoms with Crippen molar-refractivity contribution in [3.63, 3.8) is 0 Å². The number of carbonyl (C=O) groups is 4. The van der Waals surface area contributed by atoms with E-state index in [1.165, 1.54) is 101 Å². The highest BCUT2D eigenvalue weighted by Crippen LogP contribution is 2.31. The number of fused-ring (bicyclic) bond motifs is 2. The van der Waals surface area contributed by atoms with Gasteiger partial charge in [-0.25, -0.2) is 16.8 Å². The fraction of sp³-hybridized carbons (Fsp3) is 0.477. The summed E-state index contributed by atoms with van der Waals surface area (Å²) in [7, 11) is -6.95. The summed E-state index contributed by atoms with van der Waals surface area (Å²) in [5, 5.41) is 27.1. The standard InChI is InChI=1S/C23H25NO5S.C23H25NO3S.C15H23NO3S.2C2H6O.N2.H2O.2H2/c25-22-20-11-4-5-12-21(20)23(26)24(22)13-14-30(27,28)19-10-6-9-18(15-19)29-16-17-7-2-1-3-8-17;25-22-20-11-4-5-12-21(20)23(26)24(22)13-14-28-19-10-6-9-18(15-19)27-16-17-7-2-1-3-8-17;16-9-10-20(17,18)15-8-4-7-14(11-15)19-12-13-5-2-1-3-6-13;2*1-2-3;1-2;;;/h4-6,9-12,15,17H,1-3,7-8,13-14,16H2;4-6,9-12,15,17H,1-3,7-8,13-14,16H2;4,7-8,11,13H,1-3,5-6,9-10,12,16H2;2*3H,2H2,1H3;;1H2;2*1H. The molecular weight excluding hydrogens is 1170 g/mol. The lowest BCUT2D eigenvalue weighted by Crippen LogP contribution is -2.34. The number of aliphatic hydroxyl groups excluding tert-OH is 2. The van der Waals surface area contributed by atoms with Gasteiger partial charge in [0.25, 0.3) is 23.6 Å². The van der Waals surface area contributed by atoms with Crippen LogP contribution in [0.25, 0.3) is 0 Å². The van der Waals surface area contributed by atoms with Crippen LogP contribution >= 0.6 is 11.8 Å². The van der Waals surface area contributed by atoms with Gasteiger partial charge in [-0.2, -0.15) is 0 Å². The van der Waals surface area contributed by atoms with Crippen molar-refractivity contribution >= 4 is 55.1 Å². The molecule has 5 aliphatic rings. The van der Waals surface area contributed by atoms with Crippen LogP contribution in [0.2, 0.25) is 0 Å². The summed E-state index contributed by atoms with van der Waals surface area (Å²) >= 11 is 1.64. The van der Waals surface area contributed by atoms with E-state index in [2.05, 4.69) is 6.07 Å². The molecule has 3 saturated carbocycles. The molecule has 3 aliphatic carbocycles. The number of ether oxygens (including phenoxy) is 3. The SMILES string of the molecule is CCO.CCO.N#N.NCCS(=O)(=O)c1cccc(OCC2CCCCC2)c1.O.O=C1c2ccccc2C(=O)N1CCS(=O)(=O)c1cccc(OCC2CCCCC2)c1.O=C1c2ccccc2C(=O)N1CCSc1cccc(OCC2CCCCC2)c1.[HH].[HH]. The Morgan fingerprint density at radius 3 is 1.17 bits per heavy atom. The number of nitrogens with two attached hydrogens (primary N) is 1. The number of imide groups is 2. The molecule has 2 aliphatic heterocycles. The minimum absolute atomic E-state index is 0. The predicted molar refractivity (Wildman–Crippen MR) is 340 cm³/mol. The van der Waals surface area contributed by atoms with Crippen molar-refractivity contribution in [3.8, 4) is 17.2 Å². The van der Waals surface area contributed by atoms with Crippen molar-refractivity contribution in [3.05, 3.63) is 144 Å². The zero-order valence-electron chi connectivity index (χ0n) is 50.1. The van der Waals surface area contributed by atoms with Crippen molar-refractivity contribution in [2.75, 3.05) is 69.9 Å². The zero-order chi connectivity index (χ0) is 62.3. The summed E-state index contributed by atoms with van der Waals surface area (Å²) in [4.78, 5) is 53.6. The molecule has 2 heterocycles. The van der Waals surface area contributed by atoms with E-state index in [1.54, 1.807) is 104 Å². The van der Waals surface area contributed by atoms with E-state index in [9.17, 15) is 36.0 Å². The Kier molecular flexibility index (Phi) is 32.2. The Labute approximate surface area is 520 Å². The molecule has 0 aromatic heterocycles. The molecule has 10 rings (SSSR count). The Balaban J connectivity index is 0.000000429. The highest BCUT2D eigenvalue weighted by molar-refractivity contribution is 7.99. The molecule has 0 unspecified atom stereocenters. The van der Waals surface area contributed by atoms with Crippen LogP contribution in [0.3, 0.4) is 0 Å². The minimum Gasteiger partial charge on any atom is -0.493 e. The quantitative estimate of drug-likeness (QED) is 0.0370. The number of rotatable bonds is 20. The maximum absolute atomic E-state index is 12.8. The molecule has 22 heteroatoms. The average molecular weight is 1260 g/mol. The van der Waals surface area contributed by atoms with Gasteiger partial charge in [0.15, 0.2) is 19.7 Å². The third-order valence-corrected chi connectivity index (χ3v) is 19.5. The van der Waals surface area contributed by atoms with Crippen molar-refractivity contribution in [1.29, 1.82) is 10.8 Å². The molecule has 0 atom stereocenters. The van der Waals surface area contributed by atoms with Gasteiger partial charge in [0.05, 0.1) is 63.4 Å². The molecule has 0 bridgehead atoms. The van der Waals surface area contributed by atoms with Gasteiger partial charge in [-0.1, -0.05) is 100 Å². The van der Waals surface area contributed by atoms with Gasteiger partial charge in [-0.05, 0) is 149 Å². The second kappa shape index (κ2) is 38.5. The highest BCUT2D eigenvalue weighted by atomic mass is 32.2. The van der Waals surface area contributed by atoms with Gasteiger partial charge in [0.1, 0.15) is 17.2 Å². The average Bonchev–Trinajstić information content (AvgIpc) is 2.47. The Bertz CT molecular complexity index is 3120. The lowest BCUT2D eigenvalue weighted by atomic mass is 9.90. The van der Waals surface area contributed by atoms with Crippen LogP contribution < -0.4 is 19.9 Å². The largest absolute Gasteiger partial charge is 0.493 e. The van der Waals surface area contributed by atoms with Crippen LogP contribution in [0.1, 0.15) is 154 Å². The summed E-state index contributed by atoms with van der Waals surface area (Å²) in [5.74, 6) is 2.90. The molecule has 0 spiro atoms. The fourth-order valence-corrected chi connectivity index (χ4v) is 13.9. The Morgan fingerprint density at radius 1 is 0.494 bits per heavy atom. The van der Waals surface area contributed by atoms with Gasteiger partial charge in [-0.3, -0.25) is 29.0 Å². The molecule has 19 nitrogen and oxygen atoms in total. The number of aliphatic hydroxyl groups is 2. The third-order valence-electron chi connectivity index (χ3n) is 15.1. The molecule has 87 heavy (non-hydrogen) atoms. The molecule has 6 N–H and O–H groups in total. The van der Waals surface area contributed by atoms with Crippen LogP contribution in [-0.4, -0.2) is 136 Å². The van der Waals surface area contributed by atoms with Gasteiger partial charge in [-0.15, -0.1) is 11.8 Å². The first-order valence-electron chi connectivity index (χ1n) is 29.9. The molecule has 0 saturated heterocycles. The van der Waals surface area contributed by atoms with E-state index < -0.39 is 31.5 Å². The van der Waals surface area contributed by atoms with Crippen molar-refractivity contribution in [1.82, 2.24) is 9.80 Å². The van der Waals surface area contributed by atoms with E-state index >= 15 is 0 Å². The Hall–Kier alpha value is -6.71. The van der Waals surface area contributed by atoms with Gasteiger partial charge in [0, 0.05) is 57.1 Å². The number of nitrogens with zero attached hydrogens (tertiary/aromatic N) is 4. The fourth-order valence-electron chi connectivity index (χ4n) is 10.6. The van der Waals surface area contributed by atoms with Crippen LogP contribution in [0.15, 0.2) is 136 Å². The van der Waals surface area contributed by atoms with E-state index in [0.717, 1.165) is 35.0 Å². The Morgan fingerprint density at radius 2 is 0.816 bits per heavy atom. The summed E-state index contributed by atoms with van der Waals surface area (Å²) < 4.78 is 67.2. The van der Waals surface area contributed by atoms with E-state index in [1.807, 2.05) is 24.3 Å². The van der Waals surface area contributed by atoms with Crippen LogP contribution in [0.4, 0.5) is 0 Å². The summed E-state index contributed by atoms with van der Waals surface area (Å²) in [6.07, 6.45) is 18.9. The summed E-state index contributed by atoms with van der Waals surface area (Å²) in [5.41, 5.74) is 6.99. The third kappa shape index (κ3) is 22.8. The van der Waals surface area contributed by atoms with Gasteiger partial charge < -0.3 is 35.6 Å². The number of hydrogen-bond acceptors (Lipinski definition) is 17. The number of thioether (sulfide) groups is 1. The molecule has 0 radical (unpaired) electrons. The van der Waals surface area contributed by atoms with Gasteiger partial charge in [0.2, 0.25) is 0 Å². The second-order valence-corrected chi connectivity index (χ2v) is 26.8. The van der Waals surface area contributed by atoms with E-state index in [-0.39, 0.29) is 62.8 Å². The first-order valence-corrected chi connectivity index (χ1v) is 34.2. The van der Waals surface area contributed by atoms with E-state index in [0.29, 0.717) is 81.9 Å². The van der Waals surface area contributed by atoms with Crippen LogP contribution in [0.5, 0.6) is 17.2 Å². The number of hydrogen-bond donors (Lipinski definition) is 3. The lowest BCUT2D eigenvalue weighted by Gasteiger charge is -2.21. The van der Waals surface area contributed by atoms with Crippen LogP contribution in [-0.2, 0) is 19.7 Å². The number of benzene rings is 5. The van der Waals surface area contributed by atoms with Crippen molar-refractivity contribution in [2.45, 2.75) is 125 Å². The minimum atomic E-state index is -3.67. The summed E-state index contributed by atoms with van der Waals surface area (Å²) in [6.45, 7) is 6.30. The molecule has 5 aromatic rings.